The Balaban J connectivity index is 2.12. The third-order valence-corrected chi connectivity index (χ3v) is 4.00. The Labute approximate surface area is 131 Å². The number of esters is 1. The zero-order valence-electron chi connectivity index (χ0n) is 11.6. The molecule has 1 heterocycles. The van der Waals surface area contributed by atoms with Crippen LogP contribution in [0.2, 0.25) is 5.02 Å². The van der Waals surface area contributed by atoms with Gasteiger partial charge in [0, 0.05) is 10.6 Å². The number of ether oxygens (including phenoxy) is 1. The van der Waals surface area contributed by atoms with Crippen molar-refractivity contribution in [2.24, 2.45) is 5.10 Å². The molecular formula is C14H14ClN3O2S. The van der Waals surface area contributed by atoms with Crippen molar-refractivity contribution >= 4 is 40.3 Å². The van der Waals surface area contributed by atoms with E-state index in [9.17, 15) is 4.79 Å². The second kappa shape index (κ2) is 7.19. The van der Waals surface area contributed by atoms with E-state index in [0.29, 0.717) is 27.1 Å². The summed E-state index contributed by atoms with van der Waals surface area (Å²) in [5.74, 6) is -0.382. The van der Waals surface area contributed by atoms with Crippen LogP contribution >= 0.6 is 22.9 Å². The van der Waals surface area contributed by atoms with Crippen molar-refractivity contribution in [3.05, 3.63) is 45.4 Å². The number of carbonyl (C=O) groups is 1. The van der Waals surface area contributed by atoms with Gasteiger partial charge in [0.05, 0.1) is 19.0 Å². The fourth-order valence-corrected chi connectivity index (χ4v) is 2.73. The zero-order chi connectivity index (χ0) is 15.2. The predicted octanol–water partition coefficient (Wildman–Crippen LogP) is 3.59. The van der Waals surface area contributed by atoms with Crippen molar-refractivity contribution in [2.75, 3.05) is 12.5 Å². The SMILES string of the molecule is CCc1nc(N/N=C\c2ccccc2Cl)sc1C(=O)OC. The number of benzene rings is 1. The molecule has 0 atom stereocenters. The van der Waals surface area contributed by atoms with Crippen molar-refractivity contribution in [2.45, 2.75) is 13.3 Å². The van der Waals surface area contributed by atoms with Gasteiger partial charge in [-0.2, -0.15) is 5.10 Å². The number of hydrogen-bond donors (Lipinski definition) is 1. The van der Waals surface area contributed by atoms with E-state index < -0.39 is 0 Å². The Bertz CT molecular complexity index is 670. The van der Waals surface area contributed by atoms with Crippen LogP contribution in [0.1, 0.15) is 27.9 Å². The lowest BCUT2D eigenvalue weighted by Crippen LogP contribution is -2.01. The van der Waals surface area contributed by atoms with Gasteiger partial charge in [0.15, 0.2) is 0 Å². The van der Waals surface area contributed by atoms with Crippen molar-refractivity contribution in [3.63, 3.8) is 0 Å². The summed E-state index contributed by atoms with van der Waals surface area (Å²) in [5, 5.41) is 5.24. The third kappa shape index (κ3) is 3.80. The molecule has 0 bridgehead atoms. The van der Waals surface area contributed by atoms with Crippen LogP contribution in [0.25, 0.3) is 0 Å². The van der Waals surface area contributed by atoms with Gasteiger partial charge in [0.2, 0.25) is 5.13 Å². The molecule has 1 N–H and O–H groups in total. The summed E-state index contributed by atoms with van der Waals surface area (Å²) < 4.78 is 4.73. The molecule has 0 spiro atoms. The highest BCUT2D eigenvalue weighted by atomic mass is 35.5. The lowest BCUT2D eigenvalue weighted by atomic mass is 10.2. The highest BCUT2D eigenvalue weighted by Crippen LogP contribution is 2.24. The third-order valence-electron chi connectivity index (χ3n) is 2.67. The molecule has 0 saturated carbocycles. The smallest absolute Gasteiger partial charge is 0.350 e. The molecule has 110 valence electrons. The van der Waals surface area contributed by atoms with Gasteiger partial charge in [-0.25, -0.2) is 9.78 Å². The summed E-state index contributed by atoms with van der Waals surface area (Å²) in [6, 6.07) is 7.37. The number of nitrogens with one attached hydrogen (secondary N) is 1. The van der Waals surface area contributed by atoms with Gasteiger partial charge >= 0.3 is 5.97 Å². The first-order valence-electron chi connectivity index (χ1n) is 6.27. The van der Waals surface area contributed by atoms with Gasteiger partial charge in [0.1, 0.15) is 4.88 Å². The summed E-state index contributed by atoms with van der Waals surface area (Å²) >= 11 is 7.24. The number of aryl methyl sites for hydroxylation is 1. The van der Waals surface area contributed by atoms with E-state index >= 15 is 0 Å². The van der Waals surface area contributed by atoms with E-state index in [2.05, 4.69) is 15.5 Å². The van der Waals surface area contributed by atoms with Crippen molar-refractivity contribution in [1.29, 1.82) is 0 Å². The molecule has 2 aromatic rings. The number of nitrogens with zero attached hydrogens (tertiary/aromatic N) is 2. The molecule has 21 heavy (non-hydrogen) atoms. The van der Waals surface area contributed by atoms with Gasteiger partial charge in [-0.3, -0.25) is 5.43 Å². The molecule has 0 radical (unpaired) electrons. The van der Waals surface area contributed by atoms with Crippen molar-refractivity contribution in [1.82, 2.24) is 4.98 Å². The van der Waals surface area contributed by atoms with Gasteiger partial charge in [-0.15, -0.1) is 0 Å². The Morgan fingerprint density at radius 2 is 2.29 bits per heavy atom. The maximum absolute atomic E-state index is 11.6. The molecule has 0 amide bonds. The second-order valence-corrected chi connectivity index (χ2v) is 5.44. The first-order chi connectivity index (χ1) is 10.2. The number of aromatic nitrogens is 1. The average molecular weight is 324 g/mol. The molecule has 0 fully saturated rings. The number of halogens is 1. The van der Waals surface area contributed by atoms with Gasteiger partial charge < -0.3 is 4.74 Å². The van der Waals surface area contributed by atoms with Crippen LogP contribution in [0.4, 0.5) is 5.13 Å². The Kier molecular flexibility index (Phi) is 5.30. The van der Waals surface area contributed by atoms with Crippen LogP contribution in [-0.2, 0) is 11.2 Å². The summed E-state index contributed by atoms with van der Waals surface area (Å²) in [6.45, 7) is 1.93. The molecule has 0 saturated heterocycles. The van der Waals surface area contributed by atoms with E-state index in [1.54, 1.807) is 12.3 Å². The highest BCUT2D eigenvalue weighted by molar-refractivity contribution is 7.17. The fourth-order valence-electron chi connectivity index (χ4n) is 1.63. The predicted molar refractivity (Wildman–Crippen MR) is 85.5 cm³/mol. The molecule has 0 aliphatic carbocycles. The van der Waals surface area contributed by atoms with Crippen LogP contribution in [0.5, 0.6) is 0 Å². The maximum Gasteiger partial charge on any atom is 0.350 e. The van der Waals surface area contributed by atoms with E-state index in [4.69, 9.17) is 16.3 Å². The molecule has 7 heteroatoms. The summed E-state index contributed by atoms with van der Waals surface area (Å²) in [4.78, 5) is 16.4. The molecule has 1 aromatic heterocycles. The van der Waals surface area contributed by atoms with Crippen LogP contribution < -0.4 is 5.43 Å². The number of hydrazone groups is 1. The number of anilines is 1. The second-order valence-electron chi connectivity index (χ2n) is 4.03. The quantitative estimate of drug-likeness (QED) is 0.519. The summed E-state index contributed by atoms with van der Waals surface area (Å²) in [7, 11) is 1.35. The summed E-state index contributed by atoms with van der Waals surface area (Å²) in [5.41, 5.74) is 4.30. The van der Waals surface area contributed by atoms with E-state index in [1.807, 2.05) is 25.1 Å². The van der Waals surface area contributed by atoms with Crippen LogP contribution in [0, 0.1) is 0 Å². The number of hydrogen-bond acceptors (Lipinski definition) is 6. The number of carbonyl (C=O) groups excluding carboxylic acids is 1. The van der Waals surface area contributed by atoms with E-state index in [-0.39, 0.29) is 5.97 Å². The first-order valence-corrected chi connectivity index (χ1v) is 7.46. The fraction of sp³-hybridized carbons (Fsp3) is 0.214. The number of methoxy groups -OCH3 is 1. The molecule has 0 unspecified atom stereocenters. The normalized spacial score (nSPS) is 10.8. The van der Waals surface area contributed by atoms with Crippen LogP contribution in [-0.4, -0.2) is 24.3 Å². The van der Waals surface area contributed by atoms with E-state index in [1.165, 1.54) is 18.4 Å². The topological polar surface area (TPSA) is 63.6 Å². The first kappa shape index (κ1) is 15.5. The standard InChI is InChI=1S/C14H14ClN3O2S/c1-3-11-12(13(19)20-2)21-14(17-11)18-16-8-9-6-4-5-7-10(9)15/h4-8H,3H2,1-2H3,(H,17,18)/b16-8-. The minimum atomic E-state index is -0.382. The molecule has 5 nitrogen and oxygen atoms in total. The minimum Gasteiger partial charge on any atom is -0.465 e. The maximum atomic E-state index is 11.6. The van der Waals surface area contributed by atoms with Gasteiger partial charge in [-0.05, 0) is 12.5 Å². The summed E-state index contributed by atoms with van der Waals surface area (Å²) in [6.07, 6.45) is 2.25. The number of thiazole rings is 1. The monoisotopic (exact) mass is 323 g/mol. The Morgan fingerprint density at radius 3 is 2.95 bits per heavy atom. The molecular weight excluding hydrogens is 310 g/mol. The molecule has 1 aromatic carbocycles. The lowest BCUT2D eigenvalue weighted by Gasteiger charge is -1.96. The number of rotatable bonds is 5. The van der Waals surface area contributed by atoms with Gasteiger partial charge in [-0.1, -0.05) is 48.1 Å². The van der Waals surface area contributed by atoms with Crippen molar-refractivity contribution in [3.8, 4) is 0 Å². The molecule has 0 aliphatic rings. The molecule has 0 aliphatic heterocycles. The van der Waals surface area contributed by atoms with Crippen LogP contribution in [0.15, 0.2) is 29.4 Å². The highest BCUT2D eigenvalue weighted by Gasteiger charge is 2.17. The average Bonchev–Trinajstić information content (AvgIpc) is 2.91. The largest absolute Gasteiger partial charge is 0.465 e. The Hall–Kier alpha value is -1.92. The minimum absolute atomic E-state index is 0.382. The van der Waals surface area contributed by atoms with Crippen LogP contribution in [0.3, 0.4) is 0 Å². The Morgan fingerprint density at radius 1 is 1.52 bits per heavy atom. The van der Waals surface area contributed by atoms with Crippen molar-refractivity contribution < 1.29 is 9.53 Å². The van der Waals surface area contributed by atoms with Gasteiger partial charge in [0.25, 0.3) is 0 Å². The lowest BCUT2D eigenvalue weighted by molar-refractivity contribution is 0.0605. The van der Waals surface area contributed by atoms with E-state index in [0.717, 1.165) is 5.56 Å². The zero-order valence-corrected chi connectivity index (χ0v) is 13.2. The molecule has 2 rings (SSSR count).